The molecule has 0 spiro atoms. The van der Waals surface area contributed by atoms with Crippen LogP contribution in [0, 0.1) is 5.82 Å². The summed E-state index contributed by atoms with van der Waals surface area (Å²) in [5.74, 6) is -0.432. The van der Waals surface area contributed by atoms with E-state index in [-0.39, 0.29) is 17.2 Å². The van der Waals surface area contributed by atoms with Crippen LogP contribution in [0.2, 0.25) is 5.02 Å². The Morgan fingerprint density at radius 3 is 2.85 bits per heavy atom. The van der Waals surface area contributed by atoms with Crippen molar-refractivity contribution in [1.82, 2.24) is 10.3 Å². The molecule has 0 saturated heterocycles. The predicted octanol–water partition coefficient (Wildman–Crippen LogP) is 5.04. The van der Waals surface area contributed by atoms with Gasteiger partial charge in [0.05, 0.1) is 10.7 Å². The third kappa shape index (κ3) is 7.54. The van der Waals surface area contributed by atoms with Crippen LogP contribution in [0.5, 0.6) is 0 Å². The molecule has 0 amide bonds. The van der Waals surface area contributed by atoms with Crippen molar-refractivity contribution in [2.75, 3.05) is 25.5 Å². The summed E-state index contributed by atoms with van der Waals surface area (Å²) in [5.41, 5.74) is 1.52. The van der Waals surface area contributed by atoms with Crippen LogP contribution < -0.4 is 10.6 Å². The Morgan fingerprint density at radius 2 is 2.19 bits per heavy atom. The first kappa shape index (κ1) is 22.1. The monoisotopic (exact) mass is 381 g/mol. The lowest BCUT2D eigenvalue weighted by Crippen LogP contribution is -2.27. The van der Waals surface area contributed by atoms with E-state index in [2.05, 4.69) is 27.6 Å². The Balaban J connectivity index is 2.67. The van der Waals surface area contributed by atoms with Crippen molar-refractivity contribution in [2.24, 2.45) is 10.3 Å². The quantitative estimate of drug-likeness (QED) is 0.321. The molecule has 2 unspecified atom stereocenters. The molecule has 0 heterocycles. The van der Waals surface area contributed by atoms with Crippen LogP contribution in [0.25, 0.3) is 0 Å². The van der Waals surface area contributed by atoms with Gasteiger partial charge in [-0.05, 0) is 39.3 Å². The van der Waals surface area contributed by atoms with Gasteiger partial charge in [-0.2, -0.15) is 5.11 Å². The maximum Gasteiger partial charge on any atom is 0.164 e. The van der Waals surface area contributed by atoms with E-state index in [4.69, 9.17) is 11.6 Å². The smallest absolute Gasteiger partial charge is 0.164 e. The summed E-state index contributed by atoms with van der Waals surface area (Å²) in [6, 6.07) is 4.93. The summed E-state index contributed by atoms with van der Waals surface area (Å²) < 4.78 is 14.2. The van der Waals surface area contributed by atoms with E-state index in [9.17, 15) is 4.39 Å². The van der Waals surface area contributed by atoms with Crippen LogP contribution in [0.4, 0.5) is 10.1 Å². The van der Waals surface area contributed by atoms with Crippen LogP contribution in [-0.2, 0) is 0 Å². The van der Waals surface area contributed by atoms with Crippen LogP contribution in [0.3, 0.4) is 0 Å². The molecule has 2 atom stereocenters. The van der Waals surface area contributed by atoms with Crippen LogP contribution in [0.1, 0.15) is 27.2 Å². The van der Waals surface area contributed by atoms with Gasteiger partial charge in [0.15, 0.2) is 5.82 Å². The Labute approximate surface area is 161 Å². The number of nitrogens with one attached hydrogen (secondary N) is 2. The molecule has 0 saturated carbocycles. The first-order valence-corrected chi connectivity index (χ1v) is 9.06. The number of halogens is 2. The zero-order valence-electron chi connectivity index (χ0n) is 16.0. The van der Waals surface area contributed by atoms with Crippen molar-refractivity contribution in [3.8, 4) is 0 Å². The van der Waals surface area contributed by atoms with Crippen LogP contribution in [0.15, 0.2) is 52.8 Å². The van der Waals surface area contributed by atoms with E-state index in [1.807, 2.05) is 33.9 Å². The van der Waals surface area contributed by atoms with Gasteiger partial charge in [0.2, 0.25) is 0 Å². The van der Waals surface area contributed by atoms with E-state index in [0.29, 0.717) is 18.8 Å². The molecule has 7 heteroatoms. The van der Waals surface area contributed by atoms with E-state index >= 15 is 0 Å². The van der Waals surface area contributed by atoms with Gasteiger partial charge < -0.3 is 5.32 Å². The molecule has 5 nitrogen and oxygen atoms in total. The third-order valence-electron chi connectivity index (χ3n) is 3.96. The second kappa shape index (κ2) is 11.6. The molecule has 0 radical (unpaired) electrons. The summed E-state index contributed by atoms with van der Waals surface area (Å²) in [7, 11) is 1.87. The van der Waals surface area contributed by atoms with Gasteiger partial charge in [-0.15, -0.1) is 6.58 Å². The highest BCUT2D eigenvalue weighted by Crippen LogP contribution is 2.24. The van der Waals surface area contributed by atoms with Crippen molar-refractivity contribution in [3.63, 3.8) is 0 Å². The minimum atomic E-state index is -0.432. The molecule has 0 aliphatic rings. The van der Waals surface area contributed by atoms with Gasteiger partial charge in [-0.3, -0.25) is 10.3 Å². The van der Waals surface area contributed by atoms with Crippen molar-refractivity contribution in [1.29, 1.82) is 0 Å². The number of nitrogens with zero attached hydrogens (tertiary/aromatic N) is 3. The second-order valence-corrected chi connectivity index (χ2v) is 6.49. The molecule has 26 heavy (non-hydrogen) atoms. The molecule has 0 aromatic heterocycles. The third-order valence-corrected chi connectivity index (χ3v) is 4.25. The van der Waals surface area contributed by atoms with Gasteiger partial charge in [0.1, 0.15) is 6.17 Å². The Hall–Kier alpha value is -1.92. The predicted molar refractivity (Wildman–Crippen MR) is 108 cm³/mol. The Bertz CT molecular complexity index is 632. The van der Waals surface area contributed by atoms with E-state index in [0.717, 1.165) is 12.0 Å². The maximum absolute atomic E-state index is 14.2. The first-order chi connectivity index (χ1) is 12.4. The zero-order chi connectivity index (χ0) is 19.5. The highest BCUT2D eigenvalue weighted by atomic mass is 35.5. The van der Waals surface area contributed by atoms with E-state index in [1.54, 1.807) is 23.2 Å². The van der Waals surface area contributed by atoms with E-state index < -0.39 is 5.82 Å². The highest BCUT2D eigenvalue weighted by molar-refractivity contribution is 6.31. The number of benzene rings is 1. The lowest BCUT2D eigenvalue weighted by molar-refractivity contribution is 0.307. The van der Waals surface area contributed by atoms with Crippen molar-refractivity contribution < 1.29 is 4.39 Å². The summed E-state index contributed by atoms with van der Waals surface area (Å²) >= 11 is 5.87. The fourth-order valence-corrected chi connectivity index (χ4v) is 2.41. The summed E-state index contributed by atoms with van der Waals surface area (Å²) in [6.07, 6.45) is 4.46. The average molecular weight is 382 g/mol. The maximum atomic E-state index is 14.2. The first-order valence-electron chi connectivity index (χ1n) is 8.68. The largest absolute Gasteiger partial charge is 0.376 e. The molecule has 2 N–H and O–H groups in total. The van der Waals surface area contributed by atoms with Gasteiger partial charge in [0.25, 0.3) is 0 Å². The van der Waals surface area contributed by atoms with Crippen LogP contribution in [-0.4, -0.2) is 37.4 Å². The average Bonchev–Trinajstić information content (AvgIpc) is 2.64. The molecule has 0 aliphatic heterocycles. The topological polar surface area (TPSA) is 52.0 Å². The molecule has 1 aromatic carbocycles. The van der Waals surface area contributed by atoms with Gasteiger partial charge >= 0.3 is 0 Å². The number of anilines is 1. The normalized spacial score (nSPS) is 14.3. The fourth-order valence-electron chi connectivity index (χ4n) is 2.24. The van der Waals surface area contributed by atoms with Crippen molar-refractivity contribution >= 4 is 17.3 Å². The summed E-state index contributed by atoms with van der Waals surface area (Å²) in [5, 5.41) is 16.7. The minimum Gasteiger partial charge on any atom is -0.376 e. The molecular formula is C19H29ClFN5. The van der Waals surface area contributed by atoms with Crippen molar-refractivity contribution in [3.05, 3.63) is 53.3 Å². The number of hydrogen-bond acceptors (Lipinski definition) is 4. The highest BCUT2D eigenvalue weighted by Gasteiger charge is 2.15. The molecule has 0 aliphatic carbocycles. The van der Waals surface area contributed by atoms with E-state index in [1.165, 1.54) is 6.07 Å². The van der Waals surface area contributed by atoms with Gasteiger partial charge in [0, 0.05) is 26.2 Å². The molecule has 1 rings (SSSR count). The second-order valence-electron chi connectivity index (χ2n) is 6.08. The molecular weight excluding hydrogens is 353 g/mol. The SMILES string of the molecule is C=CCNC(C)/N=N\N(C)CCC(Nc1cccc(Cl)c1F)/C(C)=C/C. The van der Waals surface area contributed by atoms with Crippen LogP contribution >= 0.6 is 11.6 Å². The number of hydrogen-bond donors (Lipinski definition) is 2. The number of rotatable bonds is 11. The Kier molecular flexibility index (Phi) is 9.91. The lowest BCUT2D eigenvalue weighted by atomic mass is 10.0. The molecule has 1 aromatic rings. The fraction of sp³-hybridized carbons (Fsp3) is 0.474. The standard InChI is InChI=1S/C19H29ClFN5/c1-6-12-22-15(4)24-25-26(5)13-11-17(14(3)7-2)23-18-10-8-9-16(20)19(18)21/h6-10,15,17,22-23H,1,11-13H2,2-5H3/b14-7+,25-24-. The number of allylic oxidation sites excluding steroid dienone is 1. The molecule has 144 valence electrons. The van der Waals surface area contributed by atoms with Gasteiger partial charge in [-0.25, -0.2) is 4.39 Å². The van der Waals surface area contributed by atoms with Gasteiger partial charge in [-0.1, -0.05) is 40.6 Å². The lowest BCUT2D eigenvalue weighted by Gasteiger charge is -2.23. The minimum absolute atomic E-state index is 0.0260. The summed E-state index contributed by atoms with van der Waals surface area (Å²) in [4.78, 5) is 0. The molecule has 0 fully saturated rings. The molecule has 0 bridgehead atoms. The summed E-state index contributed by atoms with van der Waals surface area (Å²) in [6.45, 7) is 10.9. The Morgan fingerprint density at radius 1 is 1.46 bits per heavy atom. The zero-order valence-corrected chi connectivity index (χ0v) is 16.7. The van der Waals surface area contributed by atoms with Crippen molar-refractivity contribution in [2.45, 2.75) is 39.4 Å².